The molecule has 0 saturated carbocycles. The van der Waals surface area contributed by atoms with Gasteiger partial charge in [0.2, 0.25) is 0 Å². The molecule has 0 fully saturated rings. The molecule has 26 heavy (non-hydrogen) atoms. The van der Waals surface area contributed by atoms with Crippen molar-refractivity contribution in [1.29, 1.82) is 0 Å². The molecule has 0 radical (unpaired) electrons. The van der Waals surface area contributed by atoms with Crippen molar-refractivity contribution in [3.05, 3.63) is 62.8 Å². The predicted molar refractivity (Wildman–Crippen MR) is 106 cm³/mol. The van der Waals surface area contributed by atoms with E-state index in [4.69, 9.17) is 21.4 Å². The van der Waals surface area contributed by atoms with E-state index < -0.39 is 0 Å². The van der Waals surface area contributed by atoms with Crippen LogP contribution in [0.15, 0.2) is 40.9 Å². The van der Waals surface area contributed by atoms with Gasteiger partial charge in [-0.1, -0.05) is 33.6 Å². The van der Waals surface area contributed by atoms with E-state index in [1.54, 1.807) is 6.07 Å². The van der Waals surface area contributed by atoms with Crippen LogP contribution in [0.4, 0.5) is 4.39 Å². The van der Waals surface area contributed by atoms with E-state index >= 15 is 0 Å². The predicted octanol–water partition coefficient (Wildman–Crippen LogP) is 3.88. The number of rotatable bonds is 11. The Morgan fingerprint density at radius 1 is 1.04 bits per heavy atom. The monoisotopic (exact) mass is 444 g/mol. The number of nitrogens with one attached hydrogen (secondary N) is 2. The second-order valence-corrected chi connectivity index (χ2v) is 7.10. The number of aliphatic hydroxyl groups excluding tert-OH is 1. The fourth-order valence-corrected chi connectivity index (χ4v) is 3.02. The highest BCUT2D eigenvalue weighted by Crippen LogP contribution is 2.25. The lowest BCUT2D eigenvalue weighted by Gasteiger charge is -2.14. The maximum atomic E-state index is 13.1. The molecule has 2 rings (SSSR count). The molecule has 0 aromatic heterocycles. The van der Waals surface area contributed by atoms with E-state index in [2.05, 4.69) is 26.6 Å². The topological polar surface area (TPSA) is 53.5 Å². The number of ether oxygens (including phenoxy) is 1. The van der Waals surface area contributed by atoms with Crippen LogP contribution in [-0.4, -0.2) is 31.3 Å². The first-order valence-electron chi connectivity index (χ1n) is 8.47. The lowest BCUT2D eigenvalue weighted by molar-refractivity contribution is 0.292. The summed E-state index contributed by atoms with van der Waals surface area (Å²) in [5.41, 5.74) is 1.77. The molecule has 0 heterocycles. The Labute approximate surface area is 166 Å². The summed E-state index contributed by atoms with van der Waals surface area (Å²) in [4.78, 5) is 0. The Bertz CT molecular complexity index is 703. The maximum absolute atomic E-state index is 13.1. The Morgan fingerprint density at radius 2 is 1.85 bits per heavy atom. The van der Waals surface area contributed by atoms with Crippen LogP contribution in [0, 0.1) is 5.82 Å². The van der Waals surface area contributed by atoms with Gasteiger partial charge in [0, 0.05) is 28.7 Å². The molecule has 0 atom stereocenters. The summed E-state index contributed by atoms with van der Waals surface area (Å²) in [5, 5.41) is 15.6. The van der Waals surface area contributed by atoms with E-state index in [0.29, 0.717) is 18.1 Å². The summed E-state index contributed by atoms with van der Waals surface area (Å²) in [6.07, 6.45) is 0.968. The lowest BCUT2D eigenvalue weighted by Crippen LogP contribution is -2.24. The lowest BCUT2D eigenvalue weighted by atomic mass is 10.2. The van der Waals surface area contributed by atoms with Crippen LogP contribution in [0.1, 0.15) is 17.5 Å². The molecule has 0 spiro atoms. The van der Waals surface area contributed by atoms with Crippen molar-refractivity contribution in [2.75, 3.05) is 26.2 Å². The number of halogens is 3. The van der Waals surface area contributed by atoms with Crippen molar-refractivity contribution < 1.29 is 14.2 Å². The molecular formula is C19H23BrClFN2O2. The quantitative estimate of drug-likeness (QED) is 0.460. The summed E-state index contributed by atoms with van der Waals surface area (Å²) >= 11 is 9.54. The van der Waals surface area contributed by atoms with Gasteiger partial charge in [0.15, 0.2) is 0 Å². The molecule has 0 bridgehead atoms. The van der Waals surface area contributed by atoms with Gasteiger partial charge >= 0.3 is 0 Å². The zero-order valence-electron chi connectivity index (χ0n) is 14.4. The minimum Gasteiger partial charge on any atom is -0.489 e. The van der Waals surface area contributed by atoms with Gasteiger partial charge in [-0.25, -0.2) is 4.39 Å². The Hall–Kier alpha value is -1.18. The molecule has 142 valence electrons. The van der Waals surface area contributed by atoms with Gasteiger partial charge in [-0.15, -0.1) is 0 Å². The van der Waals surface area contributed by atoms with Gasteiger partial charge in [0.05, 0.1) is 11.6 Å². The molecular weight excluding hydrogens is 423 g/mol. The van der Waals surface area contributed by atoms with Crippen molar-refractivity contribution in [3.63, 3.8) is 0 Å². The third-order valence-electron chi connectivity index (χ3n) is 3.73. The molecule has 0 unspecified atom stereocenters. The first-order valence-corrected chi connectivity index (χ1v) is 9.64. The van der Waals surface area contributed by atoms with Crippen LogP contribution < -0.4 is 15.4 Å². The third kappa shape index (κ3) is 7.21. The molecule has 0 saturated heterocycles. The third-order valence-corrected chi connectivity index (χ3v) is 4.58. The first kappa shape index (κ1) is 21.1. The molecule has 4 nitrogen and oxygen atoms in total. The van der Waals surface area contributed by atoms with Gasteiger partial charge in [0.1, 0.15) is 18.2 Å². The second kappa shape index (κ2) is 11.5. The van der Waals surface area contributed by atoms with E-state index in [9.17, 15) is 4.39 Å². The van der Waals surface area contributed by atoms with Crippen LogP contribution >= 0.6 is 27.5 Å². The SMILES string of the molecule is OCCNCCCNCc1cc(Br)ccc1OCc1ccc(F)cc1Cl. The van der Waals surface area contributed by atoms with Gasteiger partial charge in [-0.05, 0) is 49.8 Å². The minimum absolute atomic E-state index is 0.157. The summed E-state index contributed by atoms with van der Waals surface area (Å²) in [7, 11) is 0. The molecule has 7 heteroatoms. The molecule has 0 aliphatic carbocycles. The maximum Gasteiger partial charge on any atom is 0.124 e. The summed E-state index contributed by atoms with van der Waals surface area (Å²) in [6.45, 7) is 3.44. The normalized spacial score (nSPS) is 10.9. The Balaban J connectivity index is 1.88. The molecule has 0 amide bonds. The number of aliphatic hydroxyl groups is 1. The van der Waals surface area contributed by atoms with Crippen molar-refractivity contribution in [2.45, 2.75) is 19.6 Å². The fraction of sp³-hybridized carbons (Fsp3) is 0.368. The Kier molecular flexibility index (Phi) is 9.36. The van der Waals surface area contributed by atoms with Gasteiger partial charge in [-0.2, -0.15) is 0 Å². The fourth-order valence-electron chi connectivity index (χ4n) is 2.39. The highest BCUT2D eigenvalue weighted by Gasteiger charge is 2.07. The zero-order chi connectivity index (χ0) is 18.8. The van der Waals surface area contributed by atoms with Crippen molar-refractivity contribution in [1.82, 2.24) is 10.6 Å². The standard InChI is InChI=1S/C19H23BrClFN2O2/c20-16-3-5-19(26-13-14-2-4-17(22)11-18(14)21)15(10-16)12-24-7-1-6-23-8-9-25/h2-5,10-11,23-25H,1,6-9,12-13H2. The van der Waals surface area contributed by atoms with Crippen LogP contribution in [0.25, 0.3) is 0 Å². The van der Waals surface area contributed by atoms with Gasteiger partial charge < -0.3 is 20.5 Å². The highest BCUT2D eigenvalue weighted by molar-refractivity contribution is 9.10. The second-order valence-electron chi connectivity index (χ2n) is 5.78. The van der Waals surface area contributed by atoms with Crippen LogP contribution in [0.3, 0.4) is 0 Å². The average Bonchev–Trinajstić information content (AvgIpc) is 2.61. The highest BCUT2D eigenvalue weighted by atomic mass is 79.9. The minimum atomic E-state index is -0.360. The number of hydrogen-bond acceptors (Lipinski definition) is 4. The number of benzene rings is 2. The van der Waals surface area contributed by atoms with Crippen molar-refractivity contribution >= 4 is 27.5 Å². The molecule has 0 aliphatic rings. The molecule has 2 aromatic rings. The summed E-state index contributed by atoms with van der Waals surface area (Å²) < 4.78 is 20.0. The van der Waals surface area contributed by atoms with Crippen molar-refractivity contribution in [2.24, 2.45) is 0 Å². The van der Waals surface area contributed by atoms with E-state index in [1.165, 1.54) is 12.1 Å². The van der Waals surface area contributed by atoms with E-state index in [0.717, 1.165) is 40.9 Å². The summed E-state index contributed by atoms with van der Waals surface area (Å²) in [5.74, 6) is 0.403. The molecule has 0 aliphatic heterocycles. The van der Waals surface area contributed by atoms with Crippen molar-refractivity contribution in [3.8, 4) is 5.75 Å². The van der Waals surface area contributed by atoms with Crippen LogP contribution in [0.2, 0.25) is 5.02 Å². The van der Waals surface area contributed by atoms with Crippen LogP contribution in [0.5, 0.6) is 5.75 Å². The summed E-state index contributed by atoms with van der Waals surface area (Å²) in [6, 6.07) is 10.1. The zero-order valence-corrected chi connectivity index (χ0v) is 16.7. The first-order chi connectivity index (χ1) is 12.6. The van der Waals surface area contributed by atoms with E-state index in [-0.39, 0.29) is 19.0 Å². The molecule has 3 N–H and O–H groups in total. The van der Waals surface area contributed by atoms with Gasteiger partial charge in [0.25, 0.3) is 0 Å². The Morgan fingerprint density at radius 3 is 2.62 bits per heavy atom. The molecule has 2 aromatic carbocycles. The van der Waals surface area contributed by atoms with Gasteiger partial charge in [-0.3, -0.25) is 0 Å². The van der Waals surface area contributed by atoms with Crippen LogP contribution in [-0.2, 0) is 13.2 Å². The number of hydrogen-bond donors (Lipinski definition) is 3. The van der Waals surface area contributed by atoms with E-state index in [1.807, 2.05) is 18.2 Å². The smallest absolute Gasteiger partial charge is 0.124 e. The largest absolute Gasteiger partial charge is 0.489 e. The average molecular weight is 446 g/mol.